The third kappa shape index (κ3) is 9.98. The third-order valence-electron chi connectivity index (χ3n) is 1.55. The summed E-state index contributed by atoms with van der Waals surface area (Å²) in [6, 6.07) is 0. The predicted molar refractivity (Wildman–Crippen MR) is 58.3 cm³/mol. The number of ether oxygens (including phenoxy) is 1. The Bertz CT molecular complexity index is 153. The molecule has 0 aromatic rings. The molecule has 0 aliphatic rings. The highest BCUT2D eigenvalue weighted by Crippen LogP contribution is 2.07. The number of nitrogens with zero attached hydrogens (tertiary/aromatic N) is 1. The monoisotopic (exact) mass is 221 g/mol. The highest BCUT2D eigenvalue weighted by molar-refractivity contribution is 8.13. The number of hydrogen-bond acceptors (Lipinski definition) is 5. The van der Waals surface area contributed by atoms with Crippen molar-refractivity contribution >= 4 is 16.9 Å². The van der Waals surface area contributed by atoms with Gasteiger partial charge in [0, 0.05) is 18.7 Å². The van der Waals surface area contributed by atoms with Gasteiger partial charge in [-0.2, -0.15) is 0 Å². The minimum Gasteiger partial charge on any atom is -0.371 e. The topological polar surface area (TPSA) is 49.8 Å². The van der Waals surface area contributed by atoms with Gasteiger partial charge in [-0.3, -0.25) is 4.79 Å². The van der Waals surface area contributed by atoms with E-state index in [4.69, 9.17) is 9.84 Å². The number of carbonyl (C=O) groups is 1. The molecule has 0 unspecified atom stereocenters. The van der Waals surface area contributed by atoms with Crippen LogP contribution < -0.4 is 0 Å². The molecule has 0 atom stereocenters. The molecule has 0 fully saturated rings. The molecule has 0 aliphatic heterocycles. The zero-order chi connectivity index (χ0) is 10.8. The second kappa shape index (κ2) is 9.45. The summed E-state index contributed by atoms with van der Waals surface area (Å²) < 4.78 is 4.74. The van der Waals surface area contributed by atoms with Gasteiger partial charge in [-0.15, -0.1) is 0 Å². The molecule has 0 bridgehead atoms. The van der Waals surface area contributed by atoms with Crippen LogP contribution in [0.4, 0.5) is 0 Å². The zero-order valence-corrected chi connectivity index (χ0v) is 9.68. The van der Waals surface area contributed by atoms with Crippen LogP contribution in [0.1, 0.15) is 12.8 Å². The van der Waals surface area contributed by atoms with Gasteiger partial charge in [0.1, 0.15) is 6.79 Å². The Morgan fingerprint density at radius 2 is 2.21 bits per heavy atom. The van der Waals surface area contributed by atoms with Gasteiger partial charge in [0.15, 0.2) is 5.12 Å². The quantitative estimate of drug-likeness (QED) is 0.479. The molecular formula is C9H19NO3S. The maximum absolute atomic E-state index is 11.2. The predicted octanol–water partition coefficient (Wildman–Crippen LogP) is 0.554. The highest BCUT2D eigenvalue weighted by Gasteiger charge is 2.02. The molecule has 1 N–H and O–H groups in total. The Morgan fingerprint density at radius 1 is 1.50 bits per heavy atom. The summed E-state index contributed by atoms with van der Waals surface area (Å²) in [6.45, 7) is 1.09. The lowest BCUT2D eigenvalue weighted by molar-refractivity contribution is -0.111. The Balaban J connectivity index is 3.18. The van der Waals surface area contributed by atoms with Crippen LogP contribution in [0.2, 0.25) is 0 Å². The van der Waals surface area contributed by atoms with E-state index < -0.39 is 0 Å². The van der Waals surface area contributed by atoms with Gasteiger partial charge >= 0.3 is 0 Å². The molecule has 0 spiro atoms. The molecule has 0 aliphatic carbocycles. The molecule has 0 aromatic heterocycles. The van der Waals surface area contributed by atoms with E-state index in [0.717, 1.165) is 18.7 Å². The summed E-state index contributed by atoms with van der Waals surface area (Å²) in [5.74, 6) is 0.770. The molecule has 0 rings (SSSR count). The summed E-state index contributed by atoms with van der Waals surface area (Å²) in [6.07, 6.45) is 1.40. The second-order valence-corrected chi connectivity index (χ2v) is 4.32. The lowest BCUT2D eigenvalue weighted by Crippen LogP contribution is -2.15. The molecular weight excluding hydrogens is 202 g/mol. The van der Waals surface area contributed by atoms with Crippen LogP contribution in [0.25, 0.3) is 0 Å². The van der Waals surface area contributed by atoms with Gasteiger partial charge in [-0.25, -0.2) is 0 Å². The average Bonchev–Trinajstić information content (AvgIpc) is 2.14. The van der Waals surface area contributed by atoms with E-state index in [9.17, 15) is 4.79 Å². The number of aliphatic hydroxyl groups excluding tert-OH is 1. The summed E-state index contributed by atoms with van der Waals surface area (Å²) >= 11 is 1.34. The molecule has 4 nitrogen and oxygen atoms in total. The molecule has 0 saturated carbocycles. The van der Waals surface area contributed by atoms with E-state index in [-0.39, 0.29) is 11.9 Å². The lowest BCUT2D eigenvalue weighted by atomic mass is 10.4. The normalized spacial score (nSPS) is 10.9. The number of carbonyl (C=O) groups excluding carboxylic acids is 1. The molecule has 0 heterocycles. The van der Waals surface area contributed by atoms with Gasteiger partial charge in [0.2, 0.25) is 0 Å². The van der Waals surface area contributed by atoms with Crippen molar-refractivity contribution in [3.63, 3.8) is 0 Å². The fraction of sp³-hybridized carbons (Fsp3) is 0.889. The van der Waals surface area contributed by atoms with Crippen molar-refractivity contribution in [1.82, 2.24) is 4.90 Å². The maximum atomic E-state index is 11.2. The Morgan fingerprint density at radius 3 is 2.79 bits per heavy atom. The number of thioether (sulfide) groups is 1. The molecule has 0 amide bonds. The SMILES string of the molecule is CN(C)CCC(=O)SCCCOCO. The van der Waals surface area contributed by atoms with E-state index in [1.54, 1.807) is 0 Å². The van der Waals surface area contributed by atoms with E-state index in [1.807, 2.05) is 19.0 Å². The van der Waals surface area contributed by atoms with Crippen molar-refractivity contribution in [1.29, 1.82) is 0 Å². The van der Waals surface area contributed by atoms with E-state index in [2.05, 4.69) is 0 Å². The van der Waals surface area contributed by atoms with Crippen LogP contribution in [0.5, 0.6) is 0 Å². The minimum atomic E-state index is -0.237. The first-order valence-corrected chi connectivity index (χ1v) is 5.64. The van der Waals surface area contributed by atoms with Crippen molar-refractivity contribution in [3.05, 3.63) is 0 Å². The standard InChI is InChI=1S/C9H19NO3S/c1-10(2)5-4-9(12)14-7-3-6-13-8-11/h11H,3-8H2,1-2H3. The Kier molecular flexibility index (Phi) is 9.39. The van der Waals surface area contributed by atoms with Crippen LogP contribution in [0.15, 0.2) is 0 Å². The fourth-order valence-electron chi connectivity index (χ4n) is 0.799. The van der Waals surface area contributed by atoms with E-state index in [1.165, 1.54) is 11.8 Å². The van der Waals surface area contributed by atoms with Crippen molar-refractivity contribution in [3.8, 4) is 0 Å². The van der Waals surface area contributed by atoms with Crippen molar-refractivity contribution in [2.75, 3.05) is 39.8 Å². The highest BCUT2D eigenvalue weighted by atomic mass is 32.2. The van der Waals surface area contributed by atoms with Gasteiger partial charge in [0.05, 0.1) is 6.61 Å². The third-order valence-corrected chi connectivity index (χ3v) is 2.57. The summed E-state index contributed by atoms with van der Waals surface area (Å²) in [5, 5.41) is 8.54. The Labute approximate surface area is 89.6 Å². The van der Waals surface area contributed by atoms with E-state index in [0.29, 0.717) is 13.0 Å². The van der Waals surface area contributed by atoms with Crippen LogP contribution in [0, 0.1) is 0 Å². The van der Waals surface area contributed by atoms with Crippen molar-refractivity contribution in [2.45, 2.75) is 12.8 Å². The van der Waals surface area contributed by atoms with Crippen molar-refractivity contribution in [2.24, 2.45) is 0 Å². The average molecular weight is 221 g/mol. The number of hydrogen-bond donors (Lipinski definition) is 1. The minimum absolute atomic E-state index is 0.225. The number of rotatable bonds is 8. The first-order chi connectivity index (χ1) is 6.66. The van der Waals surface area contributed by atoms with Crippen LogP contribution in [0.3, 0.4) is 0 Å². The zero-order valence-electron chi connectivity index (χ0n) is 8.86. The molecule has 84 valence electrons. The number of aliphatic hydroxyl groups is 1. The van der Waals surface area contributed by atoms with Crippen LogP contribution >= 0.6 is 11.8 Å². The van der Waals surface area contributed by atoms with Gasteiger partial charge < -0.3 is 14.7 Å². The molecule has 5 heteroatoms. The lowest BCUT2D eigenvalue weighted by Gasteiger charge is -2.07. The van der Waals surface area contributed by atoms with E-state index >= 15 is 0 Å². The van der Waals surface area contributed by atoms with Gasteiger partial charge in [-0.1, -0.05) is 11.8 Å². The summed E-state index contributed by atoms with van der Waals surface area (Å²) in [5.41, 5.74) is 0. The van der Waals surface area contributed by atoms with Crippen molar-refractivity contribution < 1.29 is 14.6 Å². The smallest absolute Gasteiger partial charge is 0.190 e. The molecule has 14 heavy (non-hydrogen) atoms. The largest absolute Gasteiger partial charge is 0.371 e. The Hall–Kier alpha value is -0.100. The maximum Gasteiger partial charge on any atom is 0.190 e. The molecule has 0 radical (unpaired) electrons. The summed E-state index contributed by atoms with van der Waals surface area (Å²) in [7, 11) is 3.90. The van der Waals surface area contributed by atoms with Gasteiger partial charge in [-0.05, 0) is 20.5 Å². The fourth-order valence-corrected chi connectivity index (χ4v) is 1.52. The second-order valence-electron chi connectivity index (χ2n) is 3.16. The van der Waals surface area contributed by atoms with Gasteiger partial charge in [0.25, 0.3) is 0 Å². The molecule has 0 saturated heterocycles. The first-order valence-electron chi connectivity index (χ1n) is 4.65. The summed E-state index contributed by atoms with van der Waals surface area (Å²) in [4.78, 5) is 13.2. The molecule has 0 aromatic carbocycles. The first kappa shape index (κ1) is 13.9. The van der Waals surface area contributed by atoms with Crippen LogP contribution in [-0.2, 0) is 9.53 Å². The van der Waals surface area contributed by atoms with Crippen LogP contribution in [-0.4, -0.2) is 54.9 Å².